The Kier molecular flexibility index (Phi) is 2.34. The number of H-pyrrole nitrogens is 1. The predicted octanol–water partition coefficient (Wildman–Crippen LogP) is -0.141. The van der Waals surface area contributed by atoms with Crippen molar-refractivity contribution in [2.45, 2.75) is 6.10 Å². The minimum Gasteiger partial charge on any atom is -0.387 e. The van der Waals surface area contributed by atoms with Crippen LogP contribution in [0.4, 0.5) is 0 Å². The number of aromatic amines is 1. The van der Waals surface area contributed by atoms with E-state index in [1.165, 1.54) is 4.57 Å². The van der Waals surface area contributed by atoms with Crippen LogP contribution in [0.2, 0.25) is 0 Å². The van der Waals surface area contributed by atoms with Crippen LogP contribution >= 0.6 is 0 Å². The smallest absolute Gasteiger partial charge is 0.326 e. The Morgan fingerprint density at radius 2 is 2.33 bits per heavy atom. The maximum atomic E-state index is 11.3. The first kappa shape index (κ1) is 9.95. The molecular formula is C10H13N3O2. The summed E-state index contributed by atoms with van der Waals surface area (Å²) in [6, 6.07) is 5.31. The molecule has 1 aromatic carbocycles. The van der Waals surface area contributed by atoms with Crippen LogP contribution in [0.25, 0.3) is 11.0 Å². The van der Waals surface area contributed by atoms with Gasteiger partial charge in [0.15, 0.2) is 0 Å². The molecule has 0 fully saturated rings. The van der Waals surface area contributed by atoms with E-state index in [4.69, 9.17) is 5.73 Å². The standard InChI is InChI=1S/C10H13N3O2/c1-13-8-3-2-6(9(14)5-11)4-7(8)12-10(13)15/h2-4,9,14H,5,11H2,1H3,(H,12,15). The highest BCUT2D eigenvalue weighted by Crippen LogP contribution is 2.17. The zero-order chi connectivity index (χ0) is 11.0. The Hall–Kier alpha value is -1.59. The van der Waals surface area contributed by atoms with Gasteiger partial charge in [-0.2, -0.15) is 0 Å². The lowest BCUT2D eigenvalue weighted by molar-refractivity contribution is 0.187. The fraction of sp³-hybridized carbons (Fsp3) is 0.300. The number of aliphatic hydroxyl groups excluding tert-OH is 1. The summed E-state index contributed by atoms with van der Waals surface area (Å²) in [6.07, 6.45) is -0.682. The molecule has 1 aromatic heterocycles. The van der Waals surface area contributed by atoms with Gasteiger partial charge in [0.05, 0.1) is 17.1 Å². The summed E-state index contributed by atoms with van der Waals surface area (Å²) < 4.78 is 1.52. The van der Waals surface area contributed by atoms with E-state index in [0.717, 1.165) is 5.52 Å². The van der Waals surface area contributed by atoms with E-state index >= 15 is 0 Å². The van der Waals surface area contributed by atoms with E-state index in [9.17, 15) is 9.90 Å². The van der Waals surface area contributed by atoms with Crippen LogP contribution in [-0.4, -0.2) is 21.2 Å². The van der Waals surface area contributed by atoms with Crippen molar-refractivity contribution < 1.29 is 5.11 Å². The van der Waals surface area contributed by atoms with Crippen LogP contribution in [-0.2, 0) is 7.05 Å². The molecular weight excluding hydrogens is 194 g/mol. The SMILES string of the molecule is Cn1c(=O)[nH]c2cc(C(O)CN)ccc21. The number of hydrogen-bond acceptors (Lipinski definition) is 3. The first-order valence-electron chi connectivity index (χ1n) is 4.70. The molecule has 0 spiro atoms. The third-order valence-electron chi connectivity index (χ3n) is 2.54. The monoisotopic (exact) mass is 207 g/mol. The minimum absolute atomic E-state index is 0.163. The molecule has 0 saturated heterocycles. The van der Waals surface area contributed by atoms with Crippen molar-refractivity contribution in [2.24, 2.45) is 12.8 Å². The van der Waals surface area contributed by atoms with Crippen LogP contribution in [0.1, 0.15) is 11.7 Å². The van der Waals surface area contributed by atoms with E-state index in [-0.39, 0.29) is 12.2 Å². The highest BCUT2D eigenvalue weighted by molar-refractivity contribution is 5.76. The van der Waals surface area contributed by atoms with Gasteiger partial charge in [0.25, 0.3) is 0 Å². The van der Waals surface area contributed by atoms with Crippen LogP contribution in [0, 0.1) is 0 Å². The largest absolute Gasteiger partial charge is 0.387 e. The van der Waals surface area contributed by atoms with Gasteiger partial charge in [-0.3, -0.25) is 4.57 Å². The molecule has 0 aliphatic rings. The number of aliphatic hydroxyl groups is 1. The van der Waals surface area contributed by atoms with Gasteiger partial charge in [0.1, 0.15) is 0 Å². The second kappa shape index (κ2) is 3.52. The van der Waals surface area contributed by atoms with Crippen molar-refractivity contribution in [2.75, 3.05) is 6.54 Å². The molecule has 1 heterocycles. The maximum Gasteiger partial charge on any atom is 0.326 e. The minimum atomic E-state index is -0.682. The van der Waals surface area contributed by atoms with Crippen molar-refractivity contribution in [1.82, 2.24) is 9.55 Å². The van der Waals surface area contributed by atoms with E-state index in [1.807, 2.05) is 0 Å². The lowest BCUT2D eigenvalue weighted by Gasteiger charge is -2.07. The Balaban J connectivity index is 2.62. The fourth-order valence-corrected chi connectivity index (χ4v) is 1.60. The second-order valence-corrected chi connectivity index (χ2v) is 3.52. The zero-order valence-electron chi connectivity index (χ0n) is 8.40. The summed E-state index contributed by atoms with van der Waals surface area (Å²) in [5.74, 6) is 0. The van der Waals surface area contributed by atoms with Gasteiger partial charge in [-0.1, -0.05) is 6.07 Å². The molecule has 2 rings (SSSR count). The molecule has 5 nitrogen and oxygen atoms in total. The van der Waals surface area contributed by atoms with E-state index < -0.39 is 6.10 Å². The average molecular weight is 207 g/mol. The third-order valence-corrected chi connectivity index (χ3v) is 2.54. The molecule has 0 amide bonds. The number of nitrogens with two attached hydrogens (primary N) is 1. The van der Waals surface area contributed by atoms with Crippen molar-refractivity contribution in [3.05, 3.63) is 34.2 Å². The number of rotatable bonds is 2. The molecule has 0 aliphatic heterocycles. The first-order chi connectivity index (χ1) is 7.13. The van der Waals surface area contributed by atoms with E-state index in [1.54, 1.807) is 25.2 Å². The predicted molar refractivity (Wildman–Crippen MR) is 57.6 cm³/mol. The molecule has 5 heteroatoms. The van der Waals surface area contributed by atoms with E-state index in [0.29, 0.717) is 11.1 Å². The number of imidazole rings is 1. The van der Waals surface area contributed by atoms with Gasteiger partial charge in [-0.15, -0.1) is 0 Å². The molecule has 0 radical (unpaired) electrons. The number of aryl methyl sites for hydroxylation is 1. The number of nitrogens with zero attached hydrogens (tertiary/aromatic N) is 1. The van der Waals surface area contributed by atoms with Crippen LogP contribution in [0.3, 0.4) is 0 Å². The summed E-state index contributed by atoms with van der Waals surface area (Å²) in [6.45, 7) is 0.169. The summed E-state index contributed by atoms with van der Waals surface area (Å²) in [7, 11) is 1.69. The summed E-state index contributed by atoms with van der Waals surface area (Å²) >= 11 is 0. The maximum absolute atomic E-state index is 11.3. The summed E-state index contributed by atoms with van der Waals surface area (Å²) in [4.78, 5) is 14.0. The van der Waals surface area contributed by atoms with Crippen molar-refractivity contribution in [3.63, 3.8) is 0 Å². The number of nitrogens with one attached hydrogen (secondary N) is 1. The topological polar surface area (TPSA) is 84.0 Å². The van der Waals surface area contributed by atoms with Crippen LogP contribution in [0.5, 0.6) is 0 Å². The second-order valence-electron chi connectivity index (χ2n) is 3.52. The quantitative estimate of drug-likeness (QED) is 0.640. The molecule has 15 heavy (non-hydrogen) atoms. The number of benzene rings is 1. The van der Waals surface area contributed by atoms with Crippen molar-refractivity contribution >= 4 is 11.0 Å². The molecule has 2 aromatic rings. The lowest BCUT2D eigenvalue weighted by Crippen LogP contribution is -2.11. The van der Waals surface area contributed by atoms with Gasteiger partial charge < -0.3 is 15.8 Å². The number of fused-ring (bicyclic) bond motifs is 1. The molecule has 1 atom stereocenters. The normalized spacial score (nSPS) is 13.3. The average Bonchev–Trinajstić information content (AvgIpc) is 2.53. The highest BCUT2D eigenvalue weighted by Gasteiger charge is 2.08. The number of aromatic nitrogens is 2. The van der Waals surface area contributed by atoms with Gasteiger partial charge >= 0.3 is 5.69 Å². The zero-order valence-corrected chi connectivity index (χ0v) is 8.40. The molecule has 0 saturated carbocycles. The molecule has 1 unspecified atom stereocenters. The summed E-state index contributed by atoms with van der Waals surface area (Å²) in [5.41, 5.74) is 7.44. The van der Waals surface area contributed by atoms with Crippen LogP contribution in [0.15, 0.2) is 23.0 Å². The Morgan fingerprint density at radius 1 is 1.60 bits per heavy atom. The molecule has 0 bridgehead atoms. The van der Waals surface area contributed by atoms with Crippen molar-refractivity contribution in [3.8, 4) is 0 Å². The van der Waals surface area contributed by atoms with Gasteiger partial charge in [-0.25, -0.2) is 4.79 Å². The summed E-state index contributed by atoms with van der Waals surface area (Å²) in [5, 5.41) is 9.54. The van der Waals surface area contributed by atoms with Gasteiger partial charge in [0.2, 0.25) is 0 Å². The number of hydrogen-bond donors (Lipinski definition) is 3. The first-order valence-corrected chi connectivity index (χ1v) is 4.70. The Bertz CT molecular complexity index is 541. The Labute approximate surface area is 86.1 Å². The van der Waals surface area contributed by atoms with Crippen LogP contribution < -0.4 is 11.4 Å². The molecule has 4 N–H and O–H groups in total. The third kappa shape index (κ3) is 1.55. The highest BCUT2D eigenvalue weighted by atomic mass is 16.3. The van der Waals surface area contributed by atoms with E-state index in [2.05, 4.69) is 4.98 Å². The molecule has 0 aliphatic carbocycles. The Morgan fingerprint density at radius 3 is 3.00 bits per heavy atom. The van der Waals surface area contributed by atoms with Gasteiger partial charge in [-0.05, 0) is 17.7 Å². The van der Waals surface area contributed by atoms with Gasteiger partial charge in [0, 0.05) is 13.6 Å². The lowest BCUT2D eigenvalue weighted by atomic mass is 10.1. The molecule has 80 valence electrons. The van der Waals surface area contributed by atoms with Crippen molar-refractivity contribution in [1.29, 1.82) is 0 Å². The fourth-order valence-electron chi connectivity index (χ4n) is 1.60.